The zero-order valence-electron chi connectivity index (χ0n) is 43.5. The third-order valence-corrected chi connectivity index (χ3v) is 13.2. The molecule has 13 heteroatoms. The monoisotopic (exact) mass is 1010 g/mol. The van der Waals surface area contributed by atoms with Crippen LogP contribution in [0, 0.1) is 0 Å². The first-order valence-corrected chi connectivity index (χ1v) is 28.9. The first-order valence-electron chi connectivity index (χ1n) is 27.4. The highest BCUT2D eigenvalue weighted by Crippen LogP contribution is 2.47. The number of ether oxygens (including phenoxy) is 2. The zero-order chi connectivity index (χ0) is 51.2. The van der Waals surface area contributed by atoms with E-state index >= 15 is 0 Å². The average Bonchev–Trinajstić information content (AvgIpc) is 3.35. The SMILES string of the molecule is CC/C=C\C/C=C\C/C=C\C/C=C\C/C=C\C/C=C\CCCCCCC(=O)OC(COCCCCCCCCCCCC/C=C\CCCCCCCC)COP(=O)(O)OC1C(O)C(O)C(O)C(O)C1O. The van der Waals surface area contributed by atoms with E-state index < -0.39 is 63.1 Å². The van der Waals surface area contributed by atoms with Gasteiger partial charge >= 0.3 is 13.8 Å². The molecule has 0 aliphatic heterocycles. The molecule has 6 unspecified atom stereocenters. The van der Waals surface area contributed by atoms with E-state index in [1.165, 1.54) is 96.3 Å². The maximum absolute atomic E-state index is 12.9. The number of aliphatic hydroxyl groups is 5. The molecule has 1 aliphatic carbocycles. The van der Waals surface area contributed by atoms with E-state index in [2.05, 4.69) is 98.9 Å². The molecule has 1 fully saturated rings. The maximum atomic E-state index is 12.9. The van der Waals surface area contributed by atoms with Gasteiger partial charge in [-0.1, -0.05) is 195 Å². The predicted molar refractivity (Wildman–Crippen MR) is 285 cm³/mol. The summed E-state index contributed by atoms with van der Waals surface area (Å²) in [4.78, 5) is 23.3. The fourth-order valence-corrected chi connectivity index (χ4v) is 8.91. The van der Waals surface area contributed by atoms with Crippen molar-refractivity contribution < 1.29 is 58.3 Å². The van der Waals surface area contributed by atoms with Crippen LogP contribution in [0.3, 0.4) is 0 Å². The van der Waals surface area contributed by atoms with Crippen molar-refractivity contribution in [3.05, 3.63) is 85.1 Å². The van der Waals surface area contributed by atoms with E-state index in [1.54, 1.807) is 0 Å². The number of hydrogen-bond donors (Lipinski definition) is 6. The van der Waals surface area contributed by atoms with Crippen LogP contribution in [0.25, 0.3) is 0 Å². The Balaban J connectivity index is 2.35. The Hall–Kier alpha value is -2.48. The van der Waals surface area contributed by atoms with Gasteiger partial charge in [0.05, 0.1) is 13.2 Å². The number of phosphoric acid groups is 1. The van der Waals surface area contributed by atoms with Crippen LogP contribution in [-0.2, 0) is 27.9 Å². The van der Waals surface area contributed by atoms with E-state index in [0.29, 0.717) is 13.0 Å². The number of allylic oxidation sites excluding steroid dienone is 14. The standard InChI is InChI=1S/C57H99O12P/c1-3-5-7-9-11-13-15-17-19-21-23-25-26-27-28-30-32-34-36-38-40-42-44-46-51(58)68-50(49-67-70(64,65)69-57-55(62)53(60)52(59)54(61)56(57)63)48-66-47-45-43-41-39-37-35-33-31-29-24-22-20-18-16-14-12-10-8-6-4-2/h5,7,11,13,17-20,23,25,27-28,32,34,50,52-57,59-63H,3-4,6,8-10,12,14-16,21-22,24,26,29-31,33,35-49H2,1-2H3,(H,64,65)/b7-5-,13-11-,19-17-,20-18-,25-23-,28-27-,34-32-. The number of carbonyl (C=O) groups excluding carboxylic acids is 1. The van der Waals surface area contributed by atoms with Gasteiger partial charge in [-0.05, 0) is 89.9 Å². The number of aliphatic hydroxyl groups excluding tert-OH is 5. The van der Waals surface area contributed by atoms with Crippen LogP contribution in [0.15, 0.2) is 85.1 Å². The molecule has 6 N–H and O–H groups in total. The highest BCUT2D eigenvalue weighted by Gasteiger charge is 2.51. The highest BCUT2D eigenvalue weighted by molar-refractivity contribution is 7.47. The lowest BCUT2D eigenvalue weighted by atomic mass is 9.85. The molecule has 0 heterocycles. The van der Waals surface area contributed by atoms with Crippen LogP contribution < -0.4 is 0 Å². The van der Waals surface area contributed by atoms with Gasteiger partial charge < -0.3 is 39.9 Å². The second-order valence-corrected chi connectivity index (χ2v) is 20.1. The van der Waals surface area contributed by atoms with E-state index in [-0.39, 0.29) is 13.0 Å². The third-order valence-electron chi connectivity index (χ3n) is 12.3. The van der Waals surface area contributed by atoms with Gasteiger partial charge in [-0.2, -0.15) is 0 Å². The van der Waals surface area contributed by atoms with E-state index in [1.807, 2.05) is 0 Å². The lowest BCUT2D eigenvalue weighted by Crippen LogP contribution is -2.64. The number of phosphoric ester groups is 1. The Kier molecular flexibility index (Phi) is 43.4. The van der Waals surface area contributed by atoms with Crippen molar-refractivity contribution in [2.24, 2.45) is 0 Å². The summed E-state index contributed by atoms with van der Waals surface area (Å²) >= 11 is 0. The lowest BCUT2D eigenvalue weighted by molar-refractivity contribution is -0.220. The summed E-state index contributed by atoms with van der Waals surface area (Å²) in [7, 11) is -5.04. The first kappa shape index (κ1) is 65.5. The second-order valence-electron chi connectivity index (χ2n) is 18.7. The number of esters is 1. The molecule has 70 heavy (non-hydrogen) atoms. The van der Waals surface area contributed by atoms with Crippen LogP contribution in [0.1, 0.15) is 206 Å². The maximum Gasteiger partial charge on any atom is 0.472 e. The minimum Gasteiger partial charge on any atom is -0.457 e. The Labute approximate surface area is 424 Å². The van der Waals surface area contributed by atoms with Crippen molar-refractivity contribution in [3.63, 3.8) is 0 Å². The largest absolute Gasteiger partial charge is 0.472 e. The third kappa shape index (κ3) is 37.3. The Morgan fingerprint density at radius 1 is 0.471 bits per heavy atom. The van der Waals surface area contributed by atoms with Crippen molar-refractivity contribution in [2.45, 2.75) is 249 Å². The fourth-order valence-electron chi connectivity index (χ4n) is 7.94. The molecule has 12 nitrogen and oxygen atoms in total. The quantitative estimate of drug-likeness (QED) is 0.0147. The summed E-state index contributed by atoms with van der Waals surface area (Å²) in [6.07, 6.45) is 50.7. The molecule has 1 saturated carbocycles. The summed E-state index contributed by atoms with van der Waals surface area (Å²) in [5, 5.41) is 50.4. The van der Waals surface area contributed by atoms with Crippen molar-refractivity contribution in [1.82, 2.24) is 0 Å². The van der Waals surface area contributed by atoms with Crippen LogP contribution in [-0.4, -0.2) is 98.9 Å². The Morgan fingerprint density at radius 2 is 0.843 bits per heavy atom. The fraction of sp³-hybridized carbons (Fsp3) is 0.737. The van der Waals surface area contributed by atoms with Gasteiger partial charge in [0.2, 0.25) is 0 Å². The minimum absolute atomic E-state index is 0.0923. The topological polar surface area (TPSA) is 192 Å². The molecule has 0 bridgehead atoms. The number of carbonyl (C=O) groups is 1. The van der Waals surface area contributed by atoms with Gasteiger partial charge in [0, 0.05) is 13.0 Å². The number of unbranched alkanes of at least 4 members (excludes halogenated alkanes) is 20. The minimum atomic E-state index is -5.04. The van der Waals surface area contributed by atoms with Crippen molar-refractivity contribution in [3.8, 4) is 0 Å². The molecular weight excluding hydrogens is 908 g/mol. The van der Waals surface area contributed by atoms with E-state index in [0.717, 1.165) is 83.5 Å². The van der Waals surface area contributed by atoms with Crippen LogP contribution in [0.4, 0.5) is 0 Å². The summed E-state index contributed by atoms with van der Waals surface area (Å²) in [5.41, 5.74) is 0. The average molecular weight is 1010 g/mol. The molecule has 0 spiro atoms. The van der Waals surface area contributed by atoms with Gasteiger partial charge in [0.1, 0.15) is 42.7 Å². The van der Waals surface area contributed by atoms with Crippen LogP contribution in [0.2, 0.25) is 0 Å². The molecular formula is C57H99O12P. The summed E-state index contributed by atoms with van der Waals surface area (Å²) in [6, 6.07) is 0. The lowest BCUT2D eigenvalue weighted by Gasteiger charge is -2.41. The van der Waals surface area contributed by atoms with Crippen LogP contribution in [0.5, 0.6) is 0 Å². The summed E-state index contributed by atoms with van der Waals surface area (Å²) in [6.45, 7) is 4.13. The smallest absolute Gasteiger partial charge is 0.457 e. The molecule has 0 saturated heterocycles. The predicted octanol–water partition coefficient (Wildman–Crippen LogP) is 12.9. The second kappa shape index (κ2) is 46.3. The van der Waals surface area contributed by atoms with Crippen molar-refractivity contribution >= 4 is 13.8 Å². The molecule has 0 aromatic carbocycles. The number of rotatable bonds is 46. The Morgan fingerprint density at radius 3 is 1.30 bits per heavy atom. The zero-order valence-corrected chi connectivity index (χ0v) is 44.4. The van der Waals surface area contributed by atoms with Gasteiger partial charge in [0.25, 0.3) is 0 Å². The molecule has 404 valence electrons. The normalized spacial score (nSPS) is 21.5. The molecule has 0 amide bonds. The molecule has 0 aromatic heterocycles. The van der Waals surface area contributed by atoms with E-state index in [4.69, 9.17) is 18.5 Å². The van der Waals surface area contributed by atoms with Gasteiger partial charge in [-0.15, -0.1) is 0 Å². The first-order chi connectivity index (χ1) is 34.0. The molecule has 0 radical (unpaired) electrons. The van der Waals surface area contributed by atoms with E-state index in [9.17, 15) is 39.8 Å². The highest BCUT2D eigenvalue weighted by atomic mass is 31.2. The van der Waals surface area contributed by atoms with Crippen molar-refractivity contribution in [2.75, 3.05) is 19.8 Å². The van der Waals surface area contributed by atoms with Crippen LogP contribution >= 0.6 is 7.82 Å². The van der Waals surface area contributed by atoms with Gasteiger partial charge in [0.15, 0.2) is 0 Å². The molecule has 1 rings (SSSR count). The molecule has 1 aliphatic rings. The van der Waals surface area contributed by atoms with Gasteiger partial charge in [-0.25, -0.2) is 4.57 Å². The molecule has 0 aromatic rings. The Bertz CT molecular complexity index is 1480. The number of hydrogen-bond acceptors (Lipinski definition) is 11. The summed E-state index contributed by atoms with van der Waals surface area (Å²) < 4.78 is 34.3. The molecule has 6 atom stereocenters. The van der Waals surface area contributed by atoms with Crippen molar-refractivity contribution in [1.29, 1.82) is 0 Å². The van der Waals surface area contributed by atoms with Gasteiger partial charge in [-0.3, -0.25) is 13.8 Å². The summed E-state index contributed by atoms with van der Waals surface area (Å²) in [5.74, 6) is -0.503.